The van der Waals surface area contributed by atoms with Crippen molar-refractivity contribution in [3.8, 4) is 22.2 Å². The number of aromatic nitrogens is 3. The van der Waals surface area contributed by atoms with Crippen molar-refractivity contribution in [2.24, 2.45) is 0 Å². The third-order valence-corrected chi connectivity index (χ3v) is 6.87. The van der Waals surface area contributed by atoms with Gasteiger partial charge < -0.3 is 8.83 Å². The maximum atomic E-state index is 6.51. The molecule has 0 N–H and O–H groups in total. The molecule has 0 saturated carbocycles. The number of hydrogen-bond acceptors (Lipinski definition) is 7. The number of hydrogen-bond donors (Lipinski definition) is 0. The third kappa shape index (κ3) is 3.57. The van der Waals surface area contributed by atoms with Crippen LogP contribution in [-0.4, -0.2) is 15.2 Å². The van der Waals surface area contributed by atoms with Gasteiger partial charge in [0.25, 0.3) is 11.1 Å². The molecule has 5 rings (SSSR count). The number of nitrogens with zero attached hydrogens (tertiary/aromatic N) is 3. The Labute approximate surface area is 179 Å². The highest BCUT2D eigenvalue weighted by molar-refractivity contribution is 7.98. The monoisotopic (exact) mass is 439 g/mol. The quantitative estimate of drug-likeness (QED) is 0.279. The van der Waals surface area contributed by atoms with Crippen molar-refractivity contribution < 1.29 is 8.83 Å². The molecular formula is C21H14ClN3O2S2. The second-order valence-electron chi connectivity index (χ2n) is 6.29. The van der Waals surface area contributed by atoms with Gasteiger partial charge in [0.2, 0.25) is 5.89 Å². The van der Waals surface area contributed by atoms with Crippen LogP contribution in [0.5, 0.6) is 0 Å². The average molecular weight is 440 g/mol. The van der Waals surface area contributed by atoms with E-state index in [4.69, 9.17) is 20.4 Å². The molecule has 0 saturated heterocycles. The lowest BCUT2D eigenvalue weighted by Gasteiger charge is -1.93. The number of aryl methyl sites for hydroxylation is 1. The fourth-order valence-corrected chi connectivity index (χ4v) is 5.11. The van der Waals surface area contributed by atoms with E-state index in [9.17, 15) is 0 Å². The van der Waals surface area contributed by atoms with Crippen LogP contribution in [0.15, 0.2) is 68.7 Å². The van der Waals surface area contributed by atoms with E-state index < -0.39 is 0 Å². The molecule has 0 aliphatic carbocycles. The summed E-state index contributed by atoms with van der Waals surface area (Å²) in [6.07, 6.45) is 0. The first kappa shape index (κ1) is 18.4. The summed E-state index contributed by atoms with van der Waals surface area (Å²) in [7, 11) is 0. The lowest BCUT2D eigenvalue weighted by atomic mass is 10.2. The molecule has 3 aromatic heterocycles. The zero-order valence-electron chi connectivity index (χ0n) is 15.3. The Hall–Kier alpha value is -2.61. The van der Waals surface area contributed by atoms with Crippen molar-refractivity contribution in [2.45, 2.75) is 17.9 Å². The molecule has 0 aliphatic rings. The normalized spacial score (nSPS) is 11.4. The zero-order chi connectivity index (χ0) is 19.8. The van der Waals surface area contributed by atoms with Crippen molar-refractivity contribution in [1.82, 2.24) is 15.2 Å². The molecule has 29 heavy (non-hydrogen) atoms. The molecule has 0 atom stereocenters. The van der Waals surface area contributed by atoms with Crippen molar-refractivity contribution in [3.63, 3.8) is 0 Å². The number of oxazole rings is 1. The van der Waals surface area contributed by atoms with E-state index in [-0.39, 0.29) is 0 Å². The molecule has 0 spiro atoms. The fraction of sp³-hybridized carbons (Fsp3) is 0.0952. The minimum absolute atomic E-state index is 0.431. The minimum Gasteiger partial charge on any atom is -0.441 e. The van der Waals surface area contributed by atoms with Crippen LogP contribution in [0.4, 0.5) is 0 Å². The highest BCUT2D eigenvalue weighted by Crippen LogP contribution is 2.42. The lowest BCUT2D eigenvalue weighted by Crippen LogP contribution is -1.84. The first-order valence-corrected chi connectivity index (χ1v) is 11.0. The molecule has 0 fully saturated rings. The van der Waals surface area contributed by atoms with Crippen molar-refractivity contribution >= 4 is 44.8 Å². The van der Waals surface area contributed by atoms with Gasteiger partial charge in [0.05, 0.1) is 10.7 Å². The summed E-state index contributed by atoms with van der Waals surface area (Å²) >= 11 is 9.48. The molecule has 2 aromatic carbocycles. The highest BCUT2D eigenvalue weighted by Gasteiger charge is 2.19. The molecule has 0 bridgehead atoms. The van der Waals surface area contributed by atoms with Gasteiger partial charge in [-0.2, -0.15) is 0 Å². The summed E-state index contributed by atoms with van der Waals surface area (Å²) in [4.78, 5) is 5.39. The molecule has 3 heterocycles. The van der Waals surface area contributed by atoms with Gasteiger partial charge in [0.1, 0.15) is 10.6 Å². The highest BCUT2D eigenvalue weighted by atomic mass is 35.5. The van der Waals surface area contributed by atoms with Gasteiger partial charge in [-0.25, -0.2) is 4.98 Å². The van der Waals surface area contributed by atoms with Crippen LogP contribution in [0.25, 0.3) is 32.3 Å². The molecule has 0 unspecified atom stereocenters. The van der Waals surface area contributed by atoms with Gasteiger partial charge in [-0.3, -0.25) is 0 Å². The smallest absolute Gasteiger partial charge is 0.277 e. The van der Waals surface area contributed by atoms with Gasteiger partial charge in [-0.05, 0) is 25.1 Å². The standard InChI is InChI=1S/C21H14ClN3O2S2/c1-12-15(23-19(26-12)13-7-3-2-4-8-13)11-28-21-25-24-20(27-21)18-17(22)14-9-5-6-10-16(14)29-18/h2-10H,11H2,1H3. The van der Waals surface area contributed by atoms with Crippen LogP contribution < -0.4 is 0 Å². The van der Waals surface area contributed by atoms with Gasteiger partial charge >= 0.3 is 0 Å². The van der Waals surface area contributed by atoms with E-state index in [0.717, 1.165) is 32.0 Å². The summed E-state index contributed by atoms with van der Waals surface area (Å²) in [6.45, 7) is 1.91. The molecule has 5 nitrogen and oxygen atoms in total. The average Bonchev–Trinajstić information content (AvgIpc) is 3.45. The number of rotatable bonds is 5. The van der Waals surface area contributed by atoms with Gasteiger partial charge in [0, 0.05) is 21.4 Å². The SMILES string of the molecule is Cc1oc(-c2ccccc2)nc1CSc1nnc(-c2sc3ccccc3c2Cl)o1. The molecule has 144 valence electrons. The minimum atomic E-state index is 0.431. The van der Waals surface area contributed by atoms with Crippen molar-refractivity contribution in [2.75, 3.05) is 0 Å². The van der Waals surface area contributed by atoms with Crippen LogP contribution in [-0.2, 0) is 5.75 Å². The number of benzene rings is 2. The summed E-state index contributed by atoms with van der Waals surface area (Å²) in [5.74, 6) is 2.40. The zero-order valence-corrected chi connectivity index (χ0v) is 17.6. The molecule has 5 aromatic rings. The van der Waals surface area contributed by atoms with Gasteiger partial charge in [0.15, 0.2) is 0 Å². The lowest BCUT2D eigenvalue weighted by molar-refractivity contribution is 0.466. The maximum Gasteiger partial charge on any atom is 0.277 e. The number of thiophene rings is 1. The van der Waals surface area contributed by atoms with E-state index in [1.807, 2.05) is 61.5 Å². The maximum absolute atomic E-state index is 6.51. The van der Waals surface area contributed by atoms with Crippen molar-refractivity contribution in [3.05, 3.63) is 71.1 Å². The summed E-state index contributed by atoms with van der Waals surface area (Å²) < 4.78 is 12.7. The molecule has 8 heteroatoms. The first-order chi connectivity index (χ1) is 14.2. The van der Waals surface area contributed by atoms with Crippen LogP contribution in [0.1, 0.15) is 11.5 Å². The van der Waals surface area contributed by atoms with E-state index >= 15 is 0 Å². The Morgan fingerprint density at radius 1 is 0.966 bits per heavy atom. The van der Waals surface area contributed by atoms with Crippen LogP contribution in [0, 0.1) is 6.92 Å². The first-order valence-electron chi connectivity index (χ1n) is 8.84. The summed E-state index contributed by atoms with van der Waals surface area (Å²) in [5, 5.41) is 10.4. The predicted molar refractivity (Wildman–Crippen MR) is 116 cm³/mol. The Kier molecular flexibility index (Phi) is 4.87. The Morgan fingerprint density at radius 3 is 2.59 bits per heavy atom. The number of halogens is 1. The molecule has 0 amide bonds. The number of fused-ring (bicyclic) bond motifs is 1. The third-order valence-electron chi connectivity index (χ3n) is 4.38. The second kappa shape index (κ2) is 7.67. The molecule has 0 radical (unpaired) electrons. The Balaban J connectivity index is 1.35. The molecular weight excluding hydrogens is 426 g/mol. The van der Waals surface area contributed by atoms with E-state index in [0.29, 0.717) is 27.8 Å². The van der Waals surface area contributed by atoms with E-state index in [1.54, 1.807) is 11.3 Å². The predicted octanol–water partition coefficient (Wildman–Crippen LogP) is 6.86. The number of thioether (sulfide) groups is 1. The topological polar surface area (TPSA) is 65.0 Å². The van der Waals surface area contributed by atoms with E-state index in [2.05, 4.69) is 15.2 Å². The van der Waals surface area contributed by atoms with Gasteiger partial charge in [-0.15, -0.1) is 21.5 Å². The van der Waals surface area contributed by atoms with E-state index in [1.165, 1.54) is 11.8 Å². The summed E-state index contributed by atoms with van der Waals surface area (Å²) in [5.41, 5.74) is 1.81. The molecule has 0 aliphatic heterocycles. The van der Waals surface area contributed by atoms with Crippen molar-refractivity contribution in [1.29, 1.82) is 0 Å². The second-order valence-corrected chi connectivity index (χ2v) is 8.65. The Morgan fingerprint density at radius 2 is 1.76 bits per heavy atom. The summed E-state index contributed by atoms with van der Waals surface area (Å²) in [6, 6.07) is 17.8. The van der Waals surface area contributed by atoms with Crippen LogP contribution in [0.3, 0.4) is 0 Å². The largest absolute Gasteiger partial charge is 0.441 e. The van der Waals surface area contributed by atoms with Crippen LogP contribution in [0.2, 0.25) is 5.02 Å². The fourth-order valence-electron chi connectivity index (χ4n) is 2.91. The van der Waals surface area contributed by atoms with Crippen LogP contribution >= 0.6 is 34.7 Å². The Bertz CT molecular complexity index is 1290. The van der Waals surface area contributed by atoms with Gasteiger partial charge in [-0.1, -0.05) is 59.8 Å².